The van der Waals surface area contributed by atoms with E-state index in [2.05, 4.69) is 15.6 Å². The number of anilines is 3. The van der Waals surface area contributed by atoms with E-state index >= 15 is 0 Å². The molecule has 0 aliphatic carbocycles. The summed E-state index contributed by atoms with van der Waals surface area (Å²) in [6, 6.07) is 18.8. The van der Waals surface area contributed by atoms with E-state index in [1.165, 1.54) is 7.11 Å². The molecule has 0 bridgehead atoms. The topological polar surface area (TPSA) is 116 Å². The second-order valence-electron chi connectivity index (χ2n) is 6.94. The molecular formula is C24H19ClN4O4. The number of amides is 2. The van der Waals surface area contributed by atoms with Gasteiger partial charge in [0.2, 0.25) is 0 Å². The van der Waals surface area contributed by atoms with E-state index in [1.807, 2.05) is 6.07 Å². The van der Waals surface area contributed by atoms with Crippen molar-refractivity contribution < 1.29 is 19.1 Å². The highest BCUT2D eigenvalue weighted by Crippen LogP contribution is 2.33. The molecule has 9 heteroatoms. The zero-order chi connectivity index (χ0) is 23.4. The van der Waals surface area contributed by atoms with Crippen LogP contribution in [-0.2, 0) is 0 Å². The fourth-order valence-electron chi connectivity index (χ4n) is 3.22. The summed E-state index contributed by atoms with van der Waals surface area (Å²) in [5.41, 5.74) is 8.09. The number of benzene rings is 3. The lowest BCUT2D eigenvalue weighted by Gasteiger charge is -2.14. The van der Waals surface area contributed by atoms with Crippen molar-refractivity contribution in [3.63, 3.8) is 0 Å². The average molecular weight is 463 g/mol. The van der Waals surface area contributed by atoms with Crippen molar-refractivity contribution in [1.82, 2.24) is 4.98 Å². The molecule has 0 saturated carbocycles. The first-order valence-electron chi connectivity index (χ1n) is 9.81. The quantitative estimate of drug-likeness (QED) is 0.355. The first-order valence-corrected chi connectivity index (χ1v) is 10.2. The third-order valence-corrected chi connectivity index (χ3v) is 5.08. The van der Waals surface area contributed by atoms with Crippen molar-refractivity contribution in [3.05, 3.63) is 83.5 Å². The minimum Gasteiger partial charge on any atom is -0.496 e. The molecule has 2 amide bonds. The van der Waals surface area contributed by atoms with E-state index < -0.39 is 12.0 Å². The number of methoxy groups -OCH3 is 1. The predicted molar refractivity (Wildman–Crippen MR) is 128 cm³/mol. The zero-order valence-corrected chi connectivity index (χ0v) is 18.2. The lowest BCUT2D eigenvalue weighted by molar-refractivity contribution is 0.0997. The molecule has 0 aliphatic heterocycles. The number of carbonyl (C=O) groups excluding carboxylic acids is 2. The molecule has 3 aromatic carbocycles. The van der Waals surface area contributed by atoms with Crippen molar-refractivity contribution in [1.29, 1.82) is 0 Å². The summed E-state index contributed by atoms with van der Waals surface area (Å²) in [4.78, 5) is 28.3. The van der Waals surface area contributed by atoms with Gasteiger partial charge in [-0.3, -0.25) is 15.1 Å². The number of para-hydroxylation sites is 1. The van der Waals surface area contributed by atoms with E-state index in [-0.39, 0.29) is 5.56 Å². The summed E-state index contributed by atoms with van der Waals surface area (Å²) < 4.78 is 10.5. The van der Waals surface area contributed by atoms with Gasteiger partial charge in [0.15, 0.2) is 0 Å². The number of hydrogen-bond donors (Lipinski definition) is 3. The Morgan fingerprint density at radius 1 is 1.00 bits per heavy atom. The van der Waals surface area contributed by atoms with Gasteiger partial charge in [0.1, 0.15) is 11.5 Å². The number of carbonyl (C=O) groups is 2. The Hall–Kier alpha value is -4.30. The Balaban J connectivity index is 1.56. The molecule has 0 fully saturated rings. The number of rotatable bonds is 6. The van der Waals surface area contributed by atoms with E-state index in [0.717, 1.165) is 0 Å². The van der Waals surface area contributed by atoms with Crippen LogP contribution in [0.2, 0.25) is 5.02 Å². The van der Waals surface area contributed by atoms with E-state index in [1.54, 1.807) is 66.9 Å². The molecule has 0 unspecified atom stereocenters. The van der Waals surface area contributed by atoms with Gasteiger partial charge in [-0.05, 0) is 42.5 Å². The number of nitrogens with one attached hydrogen (secondary N) is 2. The molecule has 8 nitrogen and oxygen atoms in total. The smallest absolute Gasteiger partial charge is 0.417 e. The molecule has 1 aromatic heterocycles. The Morgan fingerprint density at radius 3 is 2.48 bits per heavy atom. The molecule has 1 heterocycles. The van der Waals surface area contributed by atoms with Crippen molar-refractivity contribution >= 4 is 51.6 Å². The summed E-state index contributed by atoms with van der Waals surface area (Å²) in [5, 5.41) is 6.85. The molecule has 166 valence electrons. The lowest BCUT2D eigenvalue weighted by Crippen LogP contribution is -2.16. The minimum absolute atomic E-state index is 0.246. The predicted octanol–water partition coefficient (Wildman–Crippen LogP) is 5.35. The standard InChI is InChI=1S/C24H19ClN4O4/c1-32-22-13-21-16(12-17(22)23(26)30)19(9-10-27-21)28-14-7-8-20(18(25)11-14)29-24(31)33-15-5-3-2-4-6-15/h2-13H,1H3,(H2,26,30)(H,27,28)(H,29,31). The number of aromatic nitrogens is 1. The van der Waals surface area contributed by atoms with Crippen LogP contribution in [0.5, 0.6) is 11.5 Å². The molecule has 0 atom stereocenters. The summed E-state index contributed by atoms with van der Waals surface area (Å²) in [5.74, 6) is 0.158. The number of nitrogens with zero attached hydrogens (tertiary/aromatic N) is 1. The number of ether oxygens (including phenoxy) is 2. The lowest BCUT2D eigenvalue weighted by atomic mass is 10.1. The molecule has 0 radical (unpaired) electrons. The molecular weight excluding hydrogens is 444 g/mol. The van der Waals surface area contributed by atoms with Crippen LogP contribution in [0.4, 0.5) is 21.9 Å². The van der Waals surface area contributed by atoms with Gasteiger partial charge in [-0.2, -0.15) is 0 Å². The van der Waals surface area contributed by atoms with Gasteiger partial charge >= 0.3 is 6.09 Å². The molecule has 4 rings (SSSR count). The summed E-state index contributed by atoms with van der Waals surface area (Å²) in [7, 11) is 1.46. The number of fused-ring (bicyclic) bond motifs is 1. The average Bonchev–Trinajstić information content (AvgIpc) is 2.80. The van der Waals surface area contributed by atoms with Gasteiger partial charge < -0.3 is 20.5 Å². The Bertz CT molecular complexity index is 1350. The molecule has 4 N–H and O–H groups in total. The normalized spacial score (nSPS) is 10.5. The van der Waals surface area contributed by atoms with Crippen LogP contribution in [-0.4, -0.2) is 24.1 Å². The van der Waals surface area contributed by atoms with Crippen LogP contribution in [0.25, 0.3) is 10.9 Å². The largest absolute Gasteiger partial charge is 0.496 e. The van der Waals surface area contributed by atoms with Crippen molar-refractivity contribution in [2.24, 2.45) is 5.73 Å². The Morgan fingerprint density at radius 2 is 1.79 bits per heavy atom. The second-order valence-corrected chi connectivity index (χ2v) is 7.35. The van der Waals surface area contributed by atoms with E-state index in [4.69, 9.17) is 26.8 Å². The number of nitrogens with two attached hydrogens (primary N) is 1. The van der Waals surface area contributed by atoms with E-state index in [9.17, 15) is 9.59 Å². The van der Waals surface area contributed by atoms with Crippen LogP contribution in [0.1, 0.15) is 10.4 Å². The molecule has 33 heavy (non-hydrogen) atoms. The number of halogens is 1. The summed E-state index contributed by atoms with van der Waals surface area (Å²) in [6.07, 6.45) is 0.974. The highest BCUT2D eigenvalue weighted by atomic mass is 35.5. The molecule has 0 aliphatic rings. The zero-order valence-electron chi connectivity index (χ0n) is 17.5. The fraction of sp³-hybridized carbons (Fsp3) is 0.0417. The maximum Gasteiger partial charge on any atom is 0.417 e. The number of hydrogen-bond acceptors (Lipinski definition) is 6. The highest BCUT2D eigenvalue weighted by Gasteiger charge is 2.14. The van der Waals surface area contributed by atoms with Crippen molar-refractivity contribution in [2.45, 2.75) is 0 Å². The van der Waals surface area contributed by atoms with Crippen LogP contribution >= 0.6 is 11.6 Å². The SMILES string of the molecule is COc1cc2nccc(Nc3ccc(NC(=O)Oc4ccccc4)c(Cl)c3)c2cc1C(N)=O. The van der Waals surface area contributed by atoms with Gasteiger partial charge in [0.05, 0.1) is 28.9 Å². The number of pyridine rings is 1. The second kappa shape index (κ2) is 9.46. The minimum atomic E-state index is -0.656. The third-order valence-electron chi connectivity index (χ3n) is 4.77. The van der Waals surface area contributed by atoms with Gasteiger partial charge in [0, 0.05) is 29.0 Å². The van der Waals surface area contributed by atoms with Crippen LogP contribution in [0.3, 0.4) is 0 Å². The number of primary amides is 1. The van der Waals surface area contributed by atoms with Gasteiger partial charge in [-0.15, -0.1) is 0 Å². The van der Waals surface area contributed by atoms with Crippen LogP contribution in [0, 0.1) is 0 Å². The Labute approximate surface area is 194 Å². The van der Waals surface area contributed by atoms with Crippen LogP contribution < -0.4 is 25.8 Å². The first kappa shape index (κ1) is 21.9. The van der Waals surface area contributed by atoms with Gasteiger partial charge in [-0.1, -0.05) is 29.8 Å². The summed E-state index contributed by atoms with van der Waals surface area (Å²) in [6.45, 7) is 0. The third kappa shape index (κ3) is 4.97. The van der Waals surface area contributed by atoms with Crippen LogP contribution in [0.15, 0.2) is 72.9 Å². The monoisotopic (exact) mass is 462 g/mol. The Kier molecular flexibility index (Phi) is 6.28. The van der Waals surface area contributed by atoms with Crippen molar-refractivity contribution in [2.75, 3.05) is 17.7 Å². The van der Waals surface area contributed by atoms with Gasteiger partial charge in [0.25, 0.3) is 5.91 Å². The van der Waals surface area contributed by atoms with Gasteiger partial charge in [-0.25, -0.2) is 4.79 Å². The highest BCUT2D eigenvalue weighted by molar-refractivity contribution is 6.34. The van der Waals surface area contributed by atoms with E-state index in [0.29, 0.717) is 44.5 Å². The fourth-order valence-corrected chi connectivity index (χ4v) is 3.45. The van der Waals surface area contributed by atoms with Crippen molar-refractivity contribution in [3.8, 4) is 11.5 Å². The molecule has 0 spiro atoms. The maximum atomic E-state index is 12.1. The summed E-state index contributed by atoms with van der Waals surface area (Å²) >= 11 is 6.37. The first-order chi connectivity index (χ1) is 15.9. The molecule has 4 aromatic rings. The molecule has 0 saturated heterocycles. The maximum absolute atomic E-state index is 12.1.